The van der Waals surface area contributed by atoms with Crippen molar-refractivity contribution >= 4 is 39.5 Å². The molecule has 3 heterocycles. The van der Waals surface area contributed by atoms with Crippen LogP contribution in [-0.4, -0.2) is 28.4 Å². The summed E-state index contributed by atoms with van der Waals surface area (Å²) in [5, 5.41) is 0.521. The lowest BCUT2D eigenvalue weighted by Gasteiger charge is -2.29. The maximum Gasteiger partial charge on any atom is 0.270 e. The van der Waals surface area contributed by atoms with E-state index in [2.05, 4.69) is 4.98 Å². The van der Waals surface area contributed by atoms with Crippen molar-refractivity contribution in [2.75, 3.05) is 18.1 Å². The molecule has 0 spiro atoms. The molecule has 0 saturated heterocycles. The second-order valence-corrected chi connectivity index (χ2v) is 6.37. The van der Waals surface area contributed by atoms with Crippen LogP contribution in [0.15, 0.2) is 30.6 Å². The SMILES string of the molecule is Cc1c(C(=O)N2CCOc3c(Cl)cccc32)sc2nccn12. The highest BCUT2D eigenvalue weighted by atomic mass is 35.5. The third-order valence-electron chi connectivity index (χ3n) is 3.73. The number of thiazole rings is 1. The summed E-state index contributed by atoms with van der Waals surface area (Å²) in [4.78, 5) is 20.4. The van der Waals surface area contributed by atoms with Crippen LogP contribution >= 0.6 is 22.9 Å². The zero-order valence-corrected chi connectivity index (χ0v) is 13.3. The number of ether oxygens (including phenoxy) is 1. The first-order valence-electron chi connectivity index (χ1n) is 6.82. The molecule has 22 heavy (non-hydrogen) atoms. The van der Waals surface area contributed by atoms with Gasteiger partial charge < -0.3 is 9.64 Å². The number of imidazole rings is 1. The molecule has 0 fully saturated rings. The molecule has 7 heteroatoms. The van der Waals surface area contributed by atoms with Gasteiger partial charge in [-0.3, -0.25) is 9.20 Å². The van der Waals surface area contributed by atoms with E-state index in [0.717, 1.165) is 10.7 Å². The standard InChI is InChI=1S/C15H12ClN3O2S/c1-9-13(22-15-17-5-6-18(9)15)14(20)19-7-8-21-12-10(16)3-2-4-11(12)19/h2-6H,7-8H2,1H3. The van der Waals surface area contributed by atoms with Crippen LogP contribution in [0.2, 0.25) is 5.02 Å². The molecular weight excluding hydrogens is 322 g/mol. The number of hydrogen-bond acceptors (Lipinski definition) is 4. The van der Waals surface area contributed by atoms with Crippen LogP contribution in [0.4, 0.5) is 5.69 Å². The molecule has 0 N–H and O–H groups in total. The summed E-state index contributed by atoms with van der Waals surface area (Å²) in [5.41, 5.74) is 1.62. The first-order chi connectivity index (χ1) is 10.7. The smallest absolute Gasteiger partial charge is 0.270 e. The molecule has 112 valence electrons. The number of para-hydroxylation sites is 1. The van der Waals surface area contributed by atoms with Crippen LogP contribution in [0.1, 0.15) is 15.4 Å². The number of amides is 1. The van der Waals surface area contributed by atoms with E-state index in [-0.39, 0.29) is 5.91 Å². The third-order valence-corrected chi connectivity index (χ3v) is 5.18. The molecule has 1 aromatic carbocycles. The Balaban J connectivity index is 1.80. The van der Waals surface area contributed by atoms with Gasteiger partial charge in [0.1, 0.15) is 11.5 Å². The second kappa shape index (κ2) is 5.00. The van der Waals surface area contributed by atoms with Crippen molar-refractivity contribution in [3.05, 3.63) is 46.2 Å². The molecule has 4 rings (SSSR count). The molecule has 1 amide bonds. The predicted octanol–water partition coefficient (Wildman–Crippen LogP) is 3.40. The molecule has 1 aliphatic heterocycles. The van der Waals surface area contributed by atoms with Crippen molar-refractivity contribution in [3.8, 4) is 5.75 Å². The highest BCUT2D eigenvalue weighted by molar-refractivity contribution is 7.19. The molecule has 1 aliphatic rings. The topological polar surface area (TPSA) is 46.8 Å². The molecule has 0 aliphatic carbocycles. The van der Waals surface area contributed by atoms with Gasteiger partial charge in [-0.05, 0) is 19.1 Å². The third kappa shape index (κ3) is 1.91. The zero-order chi connectivity index (χ0) is 15.3. The van der Waals surface area contributed by atoms with E-state index in [4.69, 9.17) is 16.3 Å². The quantitative estimate of drug-likeness (QED) is 0.685. The minimum absolute atomic E-state index is 0.0418. The van der Waals surface area contributed by atoms with Crippen LogP contribution in [0.3, 0.4) is 0 Å². The first kappa shape index (κ1) is 13.6. The number of anilines is 1. The van der Waals surface area contributed by atoms with Crippen molar-refractivity contribution in [2.24, 2.45) is 0 Å². The van der Waals surface area contributed by atoms with E-state index >= 15 is 0 Å². The Hall–Kier alpha value is -2.05. The maximum absolute atomic E-state index is 13.0. The first-order valence-corrected chi connectivity index (χ1v) is 8.02. The normalized spacial score (nSPS) is 14.0. The number of carbonyl (C=O) groups excluding carboxylic acids is 1. The predicted molar refractivity (Wildman–Crippen MR) is 86.4 cm³/mol. The summed E-state index contributed by atoms with van der Waals surface area (Å²) in [6.07, 6.45) is 3.60. The fraction of sp³-hybridized carbons (Fsp3) is 0.200. The Morgan fingerprint density at radius 3 is 3.14 bits per heavy atom. The van der Waals surface area contributed by atoms with Crippen molar-refractivity contribution in [3.63, 3.8) is 0 Å². The monoisotopic (exact) mass is 333 g/mol. The Morgan fingerprint density at radius 2 is 2.32 bits per heavy atom. The minimum Gasteiger partial charge on any atom is -0.488 e. The van der Waals surface area contributed by atoms with Gasteiger partial charge in [0.15, 0.2) is 10.7 Å². The van der Waals surface area contributed by atoms with Gasteiger partial charge in [0.05, 0.1) is 17.3 Å². The Kier molecular flexibility index (Phi) is 3.09. The average molecular weight is 334 g/mol. The lowest BCUT2D eigenvalue weighted by Crippen LogP contribution is -2.38. The van der Waals surface area contributed by atoms with Gasteiger partial charge in [-0.25, -0.2) is 4.98 Å². The van der Waals surface area contributed by atoms with Gasteiger partial charge in [-0.15, -0.1) is 0 Å². The number of fused-ring (bicyclic) bond motifs is 2. The van der Waals surface area contributed by atoms with Gasteiger partial charge >= 0.3 is 0 Å². The molecule has 0 atom stereocenters. The largest absolute Gasteiger partial charge is 0.488 e. The highest BCUT2D eigenvalue weighted by Crippen LogP contribution is 2.39. The molecule has 5 nitrogen and oxygen atoms in total. The Labute approximate surface area is 135 Å². The highest BCUT2D eigenvalue weighted by Gasteiger charge is 2.28. The van der Waals surface area contributed by atoms with Crippen LogP contribution in [0.5, 0.6) is 5.75 Å². The number of aryl methyl sites for hydroxylation is 1. The molecule has 0 unspecified atom stereocenters. The second-order valence-electron chi connectivity index (χ2n) is 4.99. The average Bonchev–Trinajstić information content (AvgIpc) is 3.10. The van der Waals surface area contributed by atoms with Crippen LogP contribution in [0.25, 0.3) is 4.96 Å². The molecule has 0 saturated carbocycles. The summed E-state index contributed by atoms with van der Waals surface area (Å²) in [5.74, 6) is 0.530. The fourth-order valence-corrected chi connectivity index (χ4v) is 3.90. The number of nitrogens with zero attached hydrogens (tertiary/aromatic N) is 3. The van der Waals surface area contributed by atoms with E-state index in [0.29, 0.717) is 34.5 Å². The Bertz CT molecular complexity index is 886. The van der Waals surface area contributed by atoms with Crippen LogP contribution in [-0.2, 0) is 0 Å². The number of hydrogen-bond donors (Lipinski definition) is 0. The molecule has 0 radical (unpaired) electrons. The number of aromatic nitrogens is 2. The van der Waals surface area contributed by atoms with Crippen LogP contribution < -0.4 is 9.64 Å². The minimum atomic E-state index is -0.0418. The van der Waals surface area contributed by atoms with E-state index in [1.165, 1.54) is 11.3 Å². The summed E-state index contributed by atoms with van der Waals surface area (Å²) in [7, 11) is 0. The van der Waals surface area contributed by atoms with Crippen molar-refractivity contribution in [1.82, 2.24) is 9.38 Å². The van der Waals surface area contributed by atoms with E-state index in [1.807, 2.05) is 29.7 Å². The van der Waals surface area contributed by atoms with Crippen molar-refractivity contribution in [2.45, 2.75) is 6.92 Å². The lowest BCUT2D eigenvalue weighted by atomic mass is 10.2. The molecule has 0 bridgehead atoms. The van der Waals surface area contributed by atoms with Gasteiger partial charge in [0.25, 0.3) is 5.91 Å². The fourth-order valence-electron chi connectivity index (χ4n) is 2.64. The van der Waals surface area contributed by atoms with E-state index in [1.54, 1.807) is 17.2 Å². The molecular formula is C15H12ClN3O2S. The zero-order valence-electron chi connectivity index (χ0n) is 11.7. The van der Waals surface area contributed by atoms with Gasteiger partial charge in [-0.1, -0.05) is 29.0 Å². The van der Waals surface area contributed by atoms with Gasteiger partial charge in [-0.2, -0.15) is 0 Å². The van der Waals surface area contributed by atoms with Crippen LogP contribution in [0, 0.1) is 6.92 Å². The van der Waals surface area contributed by atoms with Crippen molar-refractivity contribution in [1.29, 1.82) is 0 Å². The number of rotatable bonds is 1. The Morgan fingerprint density at radius 1 is 1.45 bits per heavy atom. The number of carbonyl (C=O) groups is 1. The molecule has 3 aromatic rings. The summed E-state index contributed by atoms with van der Waals surface area (Å²) >= 11 is 7.56. The summed E-state index contributed by atoms with van der Waals surface area (Å²) in [6.45, 7) is 2.87. The van der Waals surface area contributed by atoms with Gasteiger partial charge in [0.2, 0.25) is 0 Å². The van der Waals surface area contributed by atoms with Crippen molar-refractivity contribution < 1.29 is 9.53 Å². The summed E-state index contributed by atoms with van der Waals surface area (Å²) < 4.78 is 7.53. The summed E-state index contributed by atoms with van der Waals surface area (Å²) in [6, 6.07) is 5.44. The number of halogens is 1. The molecule has 2 aromatic heterocycles. The number of benzene rings is 1. The van der Waals surface area contributed by atoms with Gasteiger partial charge in [0, 0.05) is 18.1 Å². The van der Waals surface area contributed by atoms with E-state index < -0.39 is 0 Å². The van der Waals surface area contributed by atoms with E-state index in [9.17, 15) is 4.79 Å². The maximum atomic E-state index is 13.0. The lowest BCUT2D eigenvalue weighted by molar-refractivity contribution is 0.0979.